The van der Waals surface area contributed by atoms with Crippen LogP contribution in [0.4, 0.5) is 5.95 Å². The van der Waals surface area contributed by atoms with E-state index in [1.165, 1.54) is 6.33 Å². The first kappa shape index (κ1) is 7.47. The smallest absolute Gasteiger partial charge is 0.269 e. The number of carbonyl (C=O) groups excluding carboxylic acids is 1. The second kappa shape index (κ2) is 2.41. The molecule has 0 unspecified atom stereocenters. The second-order valence-corrected chi connectivity index (χ2v) is 2.40. The average molecular weight is 178 g/mol. The molecule has 0 saturated carbocycles. The number of hydrogen-bond donors (Lipinski definition) is 3. The summed E-state index contributed by atoms with van der Waals surface area (Å²) >= 11 is 0. The van der Waals surface area contributed by atoms with E-state index < -0.39 is 5.91 Å². The molecule has 66 valence electrons. The average Bonchev–Trinajstić information content (AvgIpc) is 2.49. The molecule has 5 N–H and O–H groups in total. The number of rotatable bonds is 1. The van der Waals surface area contributed by atoms with Crippen molar-refractivity contribution in [1.29, 1.82) is 0 Å². The van der Waals surface area contributed by atoms with Crippen molar-refractivity contribution >= 4 is 23.0 Å². The number of H-pyrrole nitrogens is 1. The van der Waals surface area contributed by atoms with E-state index in [-0.39, 0.29) is 11.6 Å². The molecule has 0 fully saturated rings. The van der Waals surface area contributed by atoms with Crippen LogP contribution < -0.4 is 11.5 Å². The number of hydrogen-bond acceptors (Lipinski definition) is 5. The van der Waals surface area contributed by atoms with Crippen LogP contribution in [0.25, 0.3) is 11.2 Å². The molecule has 2 aromatic heterocycles. The molecule has 1 amide bonds. The van der Waals surface area contributed by atoms with Gasteiger partial charge in [0.1, 0.15) is 5.52 Å². The third kappa shape index (κ3) is 1.06. The van der Waals surface area contributed by atoms with Crippen LogP contribution in [-0.4, -0.2) is 25.8 Å². The highest BCUT2D eigenvalue weighted by Crippen LogP contribution is 2.10. The van der Waals surface area contributed by atoms with E-state index in [0.29, 0.717) is 11.2 Å². The summed E-state index contributed by atoms with van der Waals surface area (Å²) < 4.78 is 0. The van der Waals surface area contributed by atoms with Gasteiger partial charge in [-0.1, -0.05) is 0 Å². The van der Waals surface area contributed by atoms with Crippen molar-refractivity contribution in [2.24, 2.45) is 5.73 Å². The number of nitrogens with one attached hydrogen (secondary N) is 1. The molecule has 0 aliphatic carbocycles. The van der Waals surface area contributed by atoms with E-state index in [1.807, 2.05) is 0 Å². The first-order valence-electron chi connectivity index (χ1n) is 3.45. The highest BCUT2D eigenvalue weighted by molar-refractivity contribution is 6.01. The van der Waals surface area contributed by atoms with E-state index >= 15 is 0 Å². The molecule has 0 aliphatic rings. The number of fused-ring (bicyclic) bond motifs is 1. The standard InChI is InChI=1S/C6H6N6O/c7-4(13)2-3-5(10-1-9-3)12-6(8)11-2/h1H,(H2,7,13)(H3,8,9,10,11,12). The summed E-state index contributed by atoms with van der Waals surface area (Å²) in [5.74, 6) is -0.684. The summed E-state index contributed by atoms with van der Waals surface area (Å²) in [6.45, 7) is 0. The number of nitrogens with zero attached hydrogens (tertiary/aromatic N) is 3. The zero-order valence-electron chi connectivity index (χ0n) is 6.48. The lowest BCUT2D eigenvalue weighted by molar-refractivity contribution is 0.0997. The molecule has 0 spiro atoms. The fourth-order valence-electron chi connectivity index (χ4n) is 1.03. The monoisotopic (exact) mass is 178 g/mol. The zero-order valence-corrected chi connectivity index (χ0v) is 6.48. The van der Waals surface area contributed by atoms with Crippen molar-refractivity contribution in [1.82, 2.24) is 19.9 Å². The van der Waals surface area contributed by atoms with Gasteiger partial charge in [-0.2, -0.15) is 4.98 Å². The number of carbonyl (C=O) groups is 1. The number of imidazole rings is 1. The number of nitrogen functional groups attached to an aromatic ring is 1. The third-order valence-electron chi connectivity index (χ3n) is 1.54. The van der Waals surface area contributed by atoms with E-state index in [2.05, 4.69) is 19.9 Å². The summed E-state index contributed by atoms with van der Waals surface area (Å²) in [5, 5.41) is 0. The van der Waals surface area contributed by atoms with Crippen LogP contribution in [0.15, 0.2) is 6.33 Å². The minimum atomic E-state index is -0.664. The fraction of sp³-hybridized carbons (Fsp3) is 0. The Balaban J connectivity index is 2.84. The lowest BCUT2D eigenvalue weighted by Gasteiger charge is -1.96. The Morgan fingerprint density at radius 1 is 1.46 bits per heavy atom. The predicted molar refractivity (Wildman–Crippen MR) is 44.6 cm³/mol. The van der Waals surface area contributed by atoms with Gasteiger partial charge in [0, 0.05) is 0 Å². The maximum absolute atomic E-state index is 10.9. The van der Waals surface area contributed by atoms with Crippen molar-refractivity contribution in [3.8, 4) is 0 Å². The lowest BCUT2D eigenvalue weighted by atomic mass is 10.3. The van der Waals surface area contributed by atoms with Gasteiger partial charge in [-0.15, -0.1) is 0 Å². The highest BCUT2D eigenvalue weighted by atomic mass is 16.1. The van der Waals surface area contributed by atoms with Gasteiger partial charge >= 0.3 is 0 Å². The van der Waals surface area contributed by atoms with Gasteiger partial charge in [-0.05, 0) is 0 Å². The molecule has 2 heterocycles. The van der Waals surface area contributed by atoms with Crippen molar-refractivity contribution < 1.29 is 4.79 Å². The predicted octanol–water partition coefficient (Wildman–Crippen LogP) is -0.966. The number of primary amides is 1. The van der Waals surface area contributed by atoms with Gasteiger partial charge in [0.2, 0.25) is 5.95 Å². The molecule has 7 heteroatoms. The van der Waals surface area contributed by atoms with Gasteiger partial charge in [0.15, 0.2) is 11.3 Å². The molecule has 0 aromatic carbocycles. The number of nitrogens with two attached hydrogens (primary N) is 2. The summed E-state index contributed by atoms with van der Waals surface area (Å²) in [4.78, 5) is 24.9. The van der Waals surface area contributed by atoms with E-state index in [9.17, 15) is 4.79 Å². The van der Waals surface area contributed by atoms with Crippen molar-refractivity contribution in [3.05, 3.63) is 12.0 Å². The number of amides is 1. The Kier molecular flexibility index (Phi) is 1.38. The first-order chi connectivity index (χ1) is 6.18. The maximum Gasteiger partial charge on any atom is 0.269 e. The Bertz CT molecular complexity index is 475. The minimum absolute atomic E-state index is 0.0200. The van der Waals surface area contributed by atoms with E-state index in [1.54, 1.807) is 0 Å². The van der Waals surface area contributed by atoms with Crippen molar-refractivity contribution in [3.63, 3.8) is 0 Å². The molecule has 0 radical (unpaired) electrons. The van der Waals surface area contributed by atoms with Gasteiger partial charge in [-0.3, -0.25) is 4.79 Å². The summed E-state index contributed by atoms with van der Waals surface area (Å²) in [7, 11) is 0. The normalized spacial score (nSPS) is 10.5. The molecule has 0 atom stereocenters. The summed E-state index contributed by atoms with van der Waals surface area (Å²) in [6, 6.07) is 0. The molecule has 0 bridgehead atoms. The fourth-order valence-corrected chi connectivity index (χ4v) is 1.03. The Hall–Kier alpha value is -2.18. The van der Waals surface area contributed by atoms with Gasteiger partial charge in [0.05, 0.1) is 6.33 Å². The van der Waals surface area contributed by atoms with Gasteiger partial charge in [-0.25, -0.2) is 9.97 Å². The van der Waals surface area contributed by atoms with Gasteiger partial charge < -0.3 is 16.5 Å². The Labute approximate surface area is 72.2 Å². The quantitative estimate of drug-likeness (QED) is 0.518. The molecule has 7 nitrogen and oxygen atoms in total. The third-order valence-corrected chi connectivity index (χ3v) is 1.54. The Morgan fingerprint density at radius 3 is 2.92 bits per heavy atom. The van der Waals surface area contributed by atoms with Crippen LogP contribution in [0.1, 0.15) is 10.5 Å². The van der Waals surface area contributed by atoms with Gasteiger partial charge in [0.25, 0.3) is 5.91 Å². The van der Waals surface area contributed by atoms with Crippen LogP contribution in [0.2, 0.25) is 0 Å². The molecule has 0 aliphatic heterocycles. The zero-order chi connectivity index (χ0) is 9.42. The van der Waals surface area contributed by atoms with Crippen LogP contribution in [0, 0.1) is 0 Å². The highest BCUT2D eigenvalue weighted by Gasteiger charge is 2.12. The molecule has 2 rings (SSSR count). The largest absolute Gasteiger partial charge is 0.368 e. The topological polar surface area (TPSA) is 124 Å². The molecule has 0 saturated heterocycles. The molecular formula is C6H6N6O. The van der Waals surface area contributed by atoms with Crippen LogP contribution in [-0.2, 0) is 0 Å². The lowest BCUT2D eigenvalue weighted by Crippen LogP contribution is -2.15. The van der Waals surface area contributed by atoms with Crippen LogP contribution in [0.3, 0.4) is 0 Å². The minimum Gasteiger partial charge on any atom is -0.368 e. The summed E-state index contributed by atoms with van der Waals surface area (Å²) in [6.07, 6.45) is 1.39. The summed E-state index contributed by atoms with van der Waals surface area (Å²) in [5.41, 5.74) is 11.2. The first-order valence-corrected chi connectivity index (χ1v) is 3.45. The second-order valence-electron chi connectivity index (χ2n) is 2.40. The molecular weight excluding hydrogens is 172 g/mol. The number of anilines is 1. The molecule has 2 aromatic rings. The van der Waals surface area contributed by atoms with E-state index in [4.69, 9.17) is 11.5 Å². The SMILES string of the molecule is NC(=O)c1nc(N)nc2nc[nH]c12. The number of aromatic nitrogens is 4. The Morgan fingerprint density at radius 2 is 2.23 bits per heavy atom. The van der Waals surface area contributed by atoms with Crippen LogP contribution in [0.5, 0.6) is 0 Å². The van der Waals surface area contributed by atoms with Crippen molar-refractivity contribution in [2.75, 3.05) is 5.73 Å². The van der Waals surface area contributed by atoms with Crippen LogP contribution >= 0.6 is 0 Å². The maximum atomic E-state index is 10.9. The van der Waals surface area contributed by atoms with E-state index in [0.717, 1.165) is 0 Å². The van der Waals surface area contributed by atoms with Crippen molar-refractivity contribution in [2.45, 2.75) is 0 Å². The molecule has 13 heavy (non-hydrogen) atoms. The number of aromatic amines is 1.